The van der Waals surface area contributed by atoms with E-state index in [9.17, 15) is 4.39 Å². The fraction of sp³-hybridized carbons (Fsp3) is 0.304. The van der Waals surface area contributed by atoms with Gasteiger partial charge in [-0.25, -0.2) is 4.39 Å². The van der Waals surface area contributed by atoms with Gasteiger partial charge in [0.2, 0.25) is 0 Å². The van der Waals surface area contributed by atoms with Crippen LogP contribution in [-0.2, 0) is 6.54 Å². The van der Waals surface area contributed by atoms with Crippen LogP contribution in [0.3, 0.4) is 0 Å². The Morgan fingerprint density at radius 1 is 1.03 bits per heavy atom. The van der Waals surface area contributed by atoms with Gasteiger partial charge in [0.25, 0.3) is 0 Å². The van der Waals surface area contributed by atoms with Gasteiger partial charge in [-0.1, -0.05) is 6.07 Å². The molecule has 1 aliphatic heterocycles. The number of nitrogens with one attached hydrogen (secondary N) is 1. The van der Waals surface area contributed by atoms with Crippen molar-refractivity contribution < 1.29 is 18.6 Å². The highest BCUT2D eigenvalue weighted by molar-refractivity contribution is 5.56. The average molecular weight is 396 g/mol. The van der Waals surface area contributed by atoms with Crippen LogP contribution in [0.25, 0.3) is 5.69 Å². The third-order valence-electron chi connectivity index (χ3n) is 5.09. The van der Waals surface area contributed by atoms with Crippen molar-refractivity contribution in [3.8, 4) is 22.9 Å². The molecule has 1 aromatic heterocycles. The Morgan fingerprint density at radius 3 is 2.52 bits per heavy atom. The van der Waals surface area contributed by atoms with E-state index < -0.39 is 0 Å². The predicted molar refractivity (Wildman–Crippen MR) is 110 cm³/mol. The van der Waals surface area contributed by atoms with Crippen LogP contribution in [0, 0.1) is 5.82 Å². The van der Waals surface area contributed by atoms with Gasteiger partial charge in [0.1, 0.15) is 0 Å². The largest absolute Gasteiger partial charge is 0.494 e. The maximum Gasteiger partial charge on any atom is 0.165 e. The predicted octanol–water partition coefficient (Wildman–Crippen LogP) is 4.62. The molecule has 0 aliphatic carbocycles. The zero-order valence-electron chi connectivity index (χ0n) is 16.9. The molecular formula is C23H25FN2O3. The molecule has 29 heavy (non-hydrogen) atoms. The SMILES string of the molecule is CCOc1cc2c(cc1OCC)-n1cccc1[C@@H](c1ccc(F)c(OC)c1)NC2. The Balaban J connectivity index is 1.81. The second kappa shape index (κ2) is 8.17. The molecule has 0 unspecified atom stereocenters. The average Bonchev–Trinajstić information content (AvgIpc) is 3.15. The van der Waals surface area contributed by atoms with Gasteiger partial charge in [-0.3, -0.25) is 0 Å². The van der Waals surface area contributed by atoms with Gasteiger partial charge < -0.3 is 24.1 Å². The van der Waals surface area contributed by atoms with E-state index in [1.54, 1.807) is 12.1 Å². The highest BCUT2D eigenvalue weighted by Gasteiger charge is 2.25. The summed E-state index contributed by atoms with van der Waals surface area (Å²) in [5.41, 5.74) is 4.14. The van der Waals surface area contributed by atoms with Crippen molar-refractivity contribution in [2.45, 2.75) is 26.4 Å². The van der Waals surface area contributed by atoms with Gasteiger partial charge in [-0.05, 0) is 55.3 Å². The van der Waals surface area contributed by atoms with Crippen LogP contribution in [0.1, 0.15) is 36.7 Å². The molecule has 1 atom stereocenters. The number of halogens is 1. The highest BCUT2D eigenvalue weighted by Crippen LogP contribution is 2.38. The lowest BCUT2D eigenvalue weighted by Crippen LogP contribution is -2.21. The molecule has 6 heteroatoms. The summed E-state index contributed by atoms with van der Waals surface area (Å²) in [6.45, 7) is 5.68. The molecule has 1 N–H and O–H groups in total. The van der Waals surface area contributed by atoms with Gasteiger partial charge in [0.15, 0.2) is 23.1 Å². The number of benzene rings is 2. The third kappa shape index (κ3) is 3.56. The minimum absolute atomic E-state index is 0.113. The first-order chi connectivity index (χ1) is 14.2. The van der Waals surface area contributed by atoms with Crippen LogP contribution in [0.2, 0.25) is 0 Å². The lowest BCUT2D eigenvalue weighted by molar-refractivity contribution is 0.287. The van der Waals surface area contributed by atoms with E-state index in [0.29, 0.717) is 19.8 Å². The summed E-state index contributed by atoms with van der Waals surface area (Å²) >= 11 is 0. The molecule has 0 amide bonds. The van der Waals surface area contributed by atoms with E-state index in [0.717, 1.165) is 34.0 Å². The molecule has 152 valence electrons. The summed E-state index contributed by atoms with van der Waals surface area (Å²) in [7, 11) is 1.48. The van der Waals surface area contributed by atoms with Crippen molar-refractivity contribution in [3.05, 3.63) is 71.3 Å². The Labute approximate surface area is 170 Å². The minimum atomic E-state index is -0.369. The van der Waals surface area contributed by atoms with Crippen LogP contribution in [0.5, 0.6) is 17.2 Å². The lowest BCUT2D eigenvalue weighted by Gasteiger charge is -2.19. The molecule has 0 spiro atoms. The highest BCUT2D eigenvalue weighted by atomic mass is 19.1. The molecule has 5 nitrogen and oxygen atoms in total. The summed E-state index contributed by atoms with van der Waals surface area (Å²) in [5.74, 6) is 1.34. The zero-order valence-corrected chi connectivity index (χ0v) is 16.9. The normalized spacial score (nSPS) is 15.2. The van der Waals surface area contributed by atoms with Crippen molar-refractivity contribution in [1.82, 2.24) is 9.88 Å². The molecular weight excluding hydrogens is 371 g/mol. The van der Waals surface area contributed by atoms with Gasteiger partial charge in [-0.15, -0.1) is 0 Å². The number of rotatable bonds is 6. The van der Waals surface area contributed by atoms with Gasteiger partial charge in [-0.2, -0.15) is 0 Å². The second-order valence-corrected chi connectivity index (χ2v) is 6.80. The molecule has 0 radical (unpaired) electrons. The van der Waals surface area contributed by atoms with Crippen LogP contribution in [0.4, 0.5) is 4.39 Å². The summed E-state index contributed by atoms with van der Waals surface area (Å²) in [6.07, 6.45) is 2.03. The van der Waals surface area contributed by atoms with E-state index >= 15 is 0 Å². The smallest absolute Gasteiger partial charge is 0.165 e. The van der Waals surface area contributed by atoms with Crippen molar-refractivity contribution in [3.63, 3.8) is 0 Å². The van der Waals surface area contributed by atoms with E-state index in [4.69, 9.17) is 14.2 Å². The van der Waals surface area contributed by atoms with E-state index in [1.165, 1.54) is 13.2 Å². The number of methoxy groups -OCH3 is 1. The standard InChI is InChI=1S/C23H25FN2O3/c1-4-28-21-12-16-14-25-23(15-8-9-17(24)20(11-15)27-3)18-7-6-10-26(18)19(16)13-22(21)29-5-2/h6-13,23,25H,4-5,14H2,1-3H3/t23-/m1/s1. The quantitative estimate of drug-likeness (QED) is 0.661. The maximum absolute atomic E-state index is 13.9. The molecule has 0 bridgehead atoms. The Kier molecular flexibility index (Phi) is 5.45. The number of nitrogens with zero attached hydrogens (tertiary/aromatic N) is 1. The molecule has 3 aromatic rings. The molecule has 1 aliphatic rings. The molecule has 4 rings (SSSR count). The van der Waals surface area contributed by atoms with E-state index in [2.05, 4.69) is 16.0 Å². The van der Waals surface area contributed by atoms with Gasteiger partial charge in [0, 0.05) is 24.5 Å². The first kappa shape index (κ1) is 19.3. The summed E-state index contributed by atoms with van der Waals surface area (Å²) in [6, 6.07) is 13.0. The molecule has 0 saturated heterocycles. The molecule has 0 fully saturated rings. The van der Waals surface area contributed by atoms with Crippen molar-refractivity contribution >= 4 is 0 Å². The van der Waals surface area contributed by atoms with Gasteiger partial charge >= 0.3 is 0 Å². The first-order valence-corrected chi connectivity index (χ1v) is 9.83. The van der Waals surface area contributed by atoms with Crippen LogP contribution in [0.15, 0.2) is 48.7 Å². The van der Waals surface area contributed by atoms with Gasteiger partial charge in [0.05, 0.1) is 32.1 Å². The molecule has 2 heterocycles. The Hall–Kier alpha value is -2.99. The van der Waals surface area contributed by atoms with Crippen molar-refractivity contribution in [1.29, 1.82) is 0 Å². The van der Waals surface area contributed by atoms with Crippen LogP contribution >= 0.6 is 0 Å². The molecule has 2 aromatic carbocycles. The van der Waals surface area contributed by atoms with Crippen LogP contribution in [-0.4, -0.2) is 24.9 Å². The first-order valence-electron chi connectivity index (χ1n) is 9.83. The monoisotopic (exact) mass is 396 g/mol. The maximum atomic E-state index is 13.9. The summed E-state index contributed by atoms with van der Waals surface area (Å²) < 4.78 is 32.9. The van der Waals surface area contributed by atoms with Crippen LogP contribution < -0.4 is 19.5 Å². The Morgan fingerprint density at radius 2 is 1.79 bits per heavy atom. The minimum Gasteiger partial charge on any atom is -0.494 e. The third-order valence-corrected chi connectivity index (χ3v) is 5.09. The van der Waals surface area contributed by atoms with Crippen molar-refractivity contribution in [2.75, 3.05) is 20.3 Å². The number of hydrogen-bond acceptors (Lipinski definition) is 4. The van der Waals surface area contributed by atoms with Crippen molar-refractivity contribution in [2.24, 2.45) is 0 Å². The topological polar surface area (TPSA) is 44.7 Å². The lowest BCUT2D eigenvalue weighted by atomic mass is 10.0. The fourth-order valence-corrected chi connectivity index (χ4v) is 3.80. The fourth-order valence-electron chi connectivity index (χ4n) is 3.80. The number of fused-ring (bicyclic) bond motifs is 3. The second-order valence-electron chi connectivity index (χ2n) is 6.80. The number of hydrogen-bond donors (Lipinski definition) is 1. The zero-order chi connectivity index (χ0) is 20.4. The number of aromatic nitrogens is 1. The number of ether oxygens (including phenoxy) is 3. The Bertz CT molecular complexity index is 1020. The van der Waals surface area contributed by atoms with E-state index in [1.807, 2.05) is 38.2 Å². The van der Waals surface area contributed by atoms with E-state index in [-0.39, 0.29) is 17.6 Å². The molecule has 0 saturated carbocycles. The summed E-state index contributed by atoms with van der Waals surface area (Å²) in [5, 5.41) is 3.59. The summed E-state index contributed by atoms with van der Waals surface area (Å²) in [4.78, 5) is 0.